The van der Waals surface area contributed by atoms with Crippen LogP contribution in [0.15, 0.2) is 41.3 Å². The summed E-state index contributed by atoms with van der Waals surface area (Å²) >= 11 is 0. The van der Waals surface area contributed by atoms with Crippen LogP contribution in [0.5, 0.6) is 17.2 Å². The van der Waals surface area contributed by atoms with E-state index in [1.165, 1.54) is 0 Å². The molecule has 0 radical (unpaired) electrons. The van der Waals surface area contributed by atoms with Crippen LogP contribution < -0.4 is 25.1 Å². The lowest BCUT2D eigenvalue weighted by atomic mass is 10.0. The van der Waals surface area contributed by atoms with E-state index in [0.29, 0.717) is 51.9 Å². The molecular weight excluding hydrogens is 677 g/mol. The van der Waals surface area contributed by atoms with Crippen molar-refractivity contribution in [2.45, 2.75) is 51.1 Å². The largest absolute Gasteiger partial charge is 0.490 e. The number of halogens is 3. The van der Waals surface area contributed by atoms with E-state index in [0.717, 1.165) is 49.0 Å². The van der Waals surface area contributed by atoms with Crippen molar-refractivity contribution in [3.8, 4) is 28.6 Å². The number of aryl methyl sites for hydroxylation is 1. The van der Waals surface area contributed by atoms with Gasteiger partial charge < -0.3 is 49.5 Å². The van der Waals surface area contributed by atoms with E-state index in [-0.39, 0.29) is 37.5 Å². The number of aliphatic carboxylic acids is 1. The highest BCUT2D eigenvalue weighted by Crippen LogP contribution is 2.38. The lowest BCUT2D eigenvalue weighted by Gasteiger charge is -2.34. The summed E-state index contributed by atoms with van der Waals surface area (Å²) < 4.78 is 48.6. The molecule has 2 aromatic carbocycles. The van der Waals surface area contributed by atoms with E-state index in [9.17, 15) is 27.9 Å². The smallest absolute Gasteiger partial charge is 0.490 e. The minimum absolute atomic E-state index is 0.0387. The van der Waals surface area contributed by atoms with E-state index in [4.69, 9.17) is 29.1 Å². The van der Waals surface area contributed by atoms with Gasteiger partial charge in [-0.2, -0.15) is 13.2 Å². The Bertz CT molecular complexity index is 1990. The average molecular weight is 715 g/mol. The van der Waals surface area contributed by atoms with Crippen molar-refractivity contribution >= 4 is 28.6 Å². The number of benzene rings is 2. The number of likely N-dealkylation sites (tertiary alicyclic amines) is 1. The second kappa shape index (κ2) is 14.5. The molecule has 17 heteroatoms. The second-order valence-electron chi connectivity index (χ2n) is 12.5. The predicted molar refractivity (Wildman–Crippen MR) is 178 cm³/mol. The fourth-order valence-corrected chi connectivity index (χ4v) is 6.27. The number of carbonyl (C=O) groups excluding carboxylic acids is 1. The maximum absolute atomic E-state index is 13.3. The van der Waals surface area contributed by atoms with Crippen molar-refractivity contribution in [2.75, 3.05) is 45.4 Å². The minimum Gasteiger partial charge on any atom is -0.490 e. The molecule has 4 aromatic rings. The number of aliphatic hydroxyl groups is 1. The molecule has 0 spiro atoms. The van der Waals surface area contributed by atoms with Gasteiger partial charge in [-0.1, -0.05) is 6.92 Å². The third-order valence-corrected chi connectivity index (χ3v) is 9.00. The van der Waals surface area contributed by atoms with Gasteiger partial charge in [-0.15, -0.1) is 0 Å². The van der Waals surface area contributed by atoms with Crippen LogP contribution in [-0.4, -0.2) is 105 Å². The molecule has 1 fully saturated rings. The Balaban J connectivity index is 0.000000582. The first-order chi connectivity index (χ1) is 24.3. The summed E-state index contributed by atoms with van der Waals surface area (Å²) in [7, 11) is 2.11. The molecular formula is C34H37F3N6O8. The molecule has 1 saturated heterocycles. The number of aliphatic hydroxyl groups excluding tert-OH is 1. The standard InChI is InChI=1S/C32H36N6O6.C2HF3O2/c1-3-18-11-27-28(44-17-43-27)13-26(18)42-16-21(39)14-34-23-4-7-33-31(40)29(23)30-35-24-10-19-15-38(20-5-8-37(2)9-6-20)32(41)22(19)12-25(24)36-30;3-2(4,5)1(6)7/h4,7,10-13,20-21,39H,3,5-6,8-9,14-17H2,1-2H3,(H,35,36)(H2,33,34,40);(H,6,7)/t21-;/m1./s1. The van der Waals surface area contributed by atoms with Gasteiger partial charge in [0.05, 0.1) is 16.7 Å². The van der Waals surface area contributed by atoms with Gasteiger partial charge in [0, 0.05) is 37.0 Å². The number of aromatic nitrogens is 3. The van der Waals surface area contributed by atoms with Gasteiger partial charge in [-0.3, -0.25) is 9.59 Å². The minimum atomic E-state index is -5.08. The van der Waals surface area contributed by atoms with Crippen LogP contribution in [0.4, 0.5) is 18.9 Å². The number of fused-ring (bicyclic) bond motifs is 3. The summed E-state index contributed by atoms with van der Waals surface area (Å²) in [5.41, 5.74) is 4.48. The Morgan fingerprint density at radius 1 is 1.16 bits per heavy atom. The molecule has 7 rings (SSSR count). The highest BCUT2D eigenvalue weighted by atomic mass is 19.4. The van der Waals surface area contributed by atoms with Crippen molar-refractivity contribution in [3.63, 3.8) is 0 Å². The molecule has 0 saturated carbocycles. The van der Waals surface area contributed by atoms with Gasteiger partial charge in [-0.05, 0) is 74.8 Å². The van der Waals surface area contributed by atoms with Gasteiger partial charge >= 0.3 is 12.1 Å². The van der Waals surface area contributed by atoms with Crippen LogP contribution in [-0.2, 0) is 17.8 Å². The van der Waals surface area contributed by atoms with Crippen molar-refractivity contribution < 1.29 is 47.2 Å². The zero-order valence-corrected chi connectivity index (χ0v) is 27.8. The molecule has 5 heterocycles. The number of hydrogen-bond acceptors (Lipinski definition) is 10. The molecule has 3 aliphatic rings. The van der Waals surface area contributed by atoms with Crippen LogP contribution in [0.2, 0.25) is 0 Å². The summed E-state index contributed by atoms with van der Waals surface area (Å²) in [6.45, 7) is 4.93. The number of carboxylic acids is 1. The van der Waals surface area contributed by atoms with Gasteiger partial charge in [0.15, 0.2) is 11.5 Å². The number of H-pyrrole nitrogens is 2. The number of alkyl halides is 3. The number of piperidine rings is 1. The zero-order chi connectivity index (χ0) is 36.4. The molecule has 1 atom stereocenters. The van der Waals surface area contributed by atoms with Gasteiger partial charge in [0.1, 0.15) is 29.8 Å². The monoisotopic (exact) mass is 714 g/mol. The number of nitrogens with zero attached hydrogens (tertiary/aromatic N) is 3. The number of rotatable bonds is 9. The first-order valence-electron chi connectivity index (χ1n) is 16.3. The number of hydrogen-bond donors (Lipinski definition) is 5. The van der Waals surface area contributed by atoms with Crippen molar-refractivity contribution in [1.29, 1.82) is 0 Å². The van der Waals surface area contributed by atoms with E-state index in [1.807, 2.05) is 30.0 Å². The lowest BCUT2D eigenvalue weighted by molar-refractivity contribution is -0.192. The second-order valence-corrected chi connectivity index (χ2v) is 12.5. The number of aromatic amines is 2. The number of nitrogens with one attached hydrogen (secondary N) is 3. The predicted octanol–water partition coefficient (Wildman–Crippen LogP) is 3.74. The Morgan fingerprint density at radius 2 is 1.86 bits per heavy atom. The number of ether oxygens (including phenoxy) is 3. The Kier molecular flexibility index (Phi) is 10.1. The molecule has 3 aliphatic heterocycles. The molecule has 51 heavy (non-hydrogen) atoms. The van der Waals surface area contributed by atoms with Gasteiger partial charge in [0.25, 0.3) is 11.5 Å². The van der Waals surface area contributed by atoms with Crippen LogP contribution >= 0.6 is 0 Å². The number of carbonyl (C=O) groups is 2. The molecule has 1 amide bonds. The van der Waals surface area contributed by atoms with Crippen molar-refractivity contribution in [2.24, 2.45) is 0 Å². The zero-order valence-electron chi connectivity index (χ0n) is 27.8. The Hall–Kier alpha value is -5.29. The van der Waals surface area contributed by atoms with E-state index < -0.39 is 18.2 Å². The fourth-order valence-electron chi connectivity index (χ4n) is 6.27. The molecule has 0 bridgehead atoms. The molecule has 5 N–H and O–H groups in total. The van der Waals surface area contributed by atoms with Crippen LogP contribution in [0.25, 0.3) is 22.4 Å². The first-order valence-corrected chi connectivity index (χ1v) is 16.3. The summed E-state index contributed by atoms with van der Waals surface area (Å²) in [6, 6.07) is 9.46. The number of amides is 1. The van der Waals surface area contributed by atoms with Crippen LogP contribution in [0.1, 0.15) is 41.3 Å². The normalized spacial score (nSPS) is 16.5. The summed E-state index contributed by atoms with van der Waals surface area (Å²) in [5.74, 6) is -0.389. The highest BCUT2D eigenvalue weighted by Gasteiger charge is 2.38. The lowest BCUT2D eigenvalue weighted by Crippen LogP contribution is -2.43. The number of carboxylic acid groups (broad SMARTS) is 1. The quantitative estimate of drug-likeness (QED) is 0.170. The van der Waals surface area contributed by atoms with Gasteiger partial charge in [-0.25, -0.2) is 9.78 Å². The fraction of sp³-hybridized carbons (Fsp3) is 0.412. The summed E-state index contributed by atoms with van der Waals surface area (Å²) in [6.07, 6.45) is -1.72. The molecule has 2 aromatic heterocycles. The maximum Gasteiger partial charge on any atom is 0.490 e. The van der Waals surface area contributed by atoms with Crippen LogP contribution in [0, 0.1) is 0 Å². The average Bonchev–Trinajstić information content (AvgIpc) is 3.81. The number of pyridine rings is 1. The molecule has 0 aliphatic carbocycles. The van der Waals surface area contributed by atoms with Gasteiger partial charge in [0.2, 0.25) is 6.79 Å². The van der Waals surface area contributed by atoms with Crippen molar-refractivity contribution in [1.82, 2.24) is 24.8 Å². The Morgan fingerprint density at radius 3 is 2.55 bits per heavy atom. The Labute approximate surface area is 289 Å². The molecule has 14 nitrogen and oxygen atoms in total. The third kappa shape index (κ3) is 7.73. The first kappa shape index (κ1) is 35.5. The third-order valence-electron chi connectivity index (χ3n) is 9.00. The number of imidazole rings is 1. The highest BCUT2D eigenvalue weighted by molar-refractivity contribution is 6.02. The SMILES string of the molecule is CCc1cc2c(cc1OC[C@H](O)CNc1cc[nH]c(=O)c1-c1nc3cc4c(cc3[nH]1)CN(C1CCN(C)CC1)C4=O)OCO2.O=C(O)C(F)(F)F. The molecule has 272 valence electrons. The van der Waals surface area contributed by atoms with Crippen LogP contribution in [0.3, 0.4) is 0 Å². The number of anilines is 1. The van der Waals surface area contributed by atoms with E-state index >= 15 is 0 Å². The van der Waals surface area contributed by atoms with E-state index in [1.54, 1.807) is 18.3 Å². The summed E-state index contributed by atoms with van der Waals surface area (Å²) in [5, 5.41) is 21.0. The molecule has 0 unspecified atom stereocenters. The topological polar surface area (TPSA) is 182 Å². The summed E-state index contributed by atoms with van der Waals surface area (Å²) in [4.78, 5) is 50.3. The van der Waals surface area contributed by atoms with E-state index in [2.05, 4.69) is 27.2 Å². The maximum atomic E-state index is 13.3. The van der Waals surface area contributed by atoms with Crippen molar-refractivity contribution in [3.05, 3.63) is 63.6 Å².